The molecule has 2 heterocycles. The minimum absolute atomic E-state index is 0.220. The van der Waals surface area contributed by atoms with Gasteiger partial charge < -0.3 is 10.6 Å². The van der Waals surface area contributed by atoms with E-state index in [-0.39, 0.29) is 41.0 Å². The molecule has 150 valence electrons. The Morgan fingerprint density at radius 1 is 1.10 bits per heavy atom. The van der Waals surface area contributed by atoms with Crippen molar-refractivity contribution in [3.05, 3.63) is 50.9 Å². The van der Waals surface area contributed by atoms with E-state index in [1.54, 1.807) is 6.07 Å². The number of nitrogens with zero attached hydrogens (tertiary/aromatic N) is 2. The summed E-state index contributed by atoms with van der Waals surface area (Å²) in [6.45, 7) is 6.25. The third kappa shape index (κ3) is 4.24. The standard InChI is InChI=1S/C20H20N4O4S/c1-10-11(2)29-19-18(10)20(28)24(9-21-19)8-17(27)15-6-5-14(22-12(3)25)7-16(15)23-13(4)26/h5-7,9H,8H2,1-4H3,(H,22,25)(H,23,26). The molecule has 0 atom stereocenters. The van der Waals surface area contributed by atoms with E-state index in [0.29, 0.717) is 15.9 Å². The summed E-state index contributed by atoms with van der Waals surface area (Å²) in [5.41, 5.74) is 1.53. The number of thiophene rings is 1. The van der Waals surface area contributed by atoms with Gasteiger partial charge in [0.25, 0.3) is 5.56 Å². The quantitative estimate of drug-likeness (QED) is 0.626. The number of hydrogen-bond acceptors (Lipinski definition) is 6. The molecule has 0 aliphatic heterocycles. The number of carbonyl (C=O) groups excluding carboxylic acids is 3. The van der Waals surface area contributed by atoms with Crippen LogP contribution in [0, 0.1) is 13.8 Å². The lowest BCUT2D eigenvalue weighted by molar-refractivity contribution is -0.115. The number of ketones is 1. The molecular weight excluding hydrogens is 392 g/mol. The van der Waals surface area contributed by atoms with Gasteiger partial charge >= 0.3 is 0 Å². The smallest absolute Gasteiger partial charge is 0.262 e. The highest BCUT2D eigenvalue weighted by Gasteiger charge is 2.17. The Bertz CT molecular complexity index is 1210. The van der Waals surface area contributed by atoms with Crippen LogP contribution in [0.5, 0.6) is 0 Å². The predicted molar refractivity (Wildman–Crippen MR) is 113 cm³/mol. The zero-order chi connectivity index (χ0) is 21.3. The molecule has 0 aliphatic rings. The SMILES string of the molecule is CC(=O)Nc1ccc(C(=O)Cn2cnc3sc(C)c(C)c3c2=O)c(NC(C)=O)c1. The highest BCUT2D eigenvalue weighted by Crippen LogP contribution is 2.26. The van der Waals surface area contributed by atoms with Crippen molar-refractivity contribution in [1.82, 2.24) is 9.55 Å². The summed E-state index contributed by atoms with van der Waals surface area (Å²) < 4.78 is 1.27. The van der Waals surface area contributed by atoms with Crippen LogP contribution in [0.1, 0.15) is 34.6 Å². The number of nitrogens with one attached hydrogen (secondary N) is 2. The largest absolute Gasteiger partial charge is 0.326 e. The van der Waals surface area contributed by atoms with Crippen LogP contribution < -0.4 is 16.2 Å². The van der Waals surface area contributed by atoms with E-state index in [9.17, 15) is 19.2 Å². The van der Waals surface area contributed by atoms with Crippen molar-refractivity contribution in [1.29, 1.82) is 0 Å². The molecule has 3 rings (SSSR count). The van der Waals surface area contributed by atoms with E-state index in [1.807, 2.05) is 13.8 Å². The lowest BCUT2D eigenvalue weighted by Gasteiger charge is -2.12. The summed E-state index contributed by atoms with van der Waals surface area (Å²) in [6, 6.07) is 4.58. The van der Waals surface area contributed by atoms with Gasteiger partial charge in [0, 0.05) is 30.0 Å². The third-order valence-electron chi connectivity index (χ3n) is 4.42. The van der Waals surface area contributed by atoms with Crippen LogP contribution in [0.4, 0.5) is 11.4 Å². The average molecular weight is 412 g/mol. The van der Waals surface area contributed by atoms with Crippen LogP contribution >= 0.6 is 11.3 Å². The zero-order valence-corrected chi connectivity index (χ0v) is 17.3. The maximum absolute atomic E-state index is 12.9. The molecule has 0 unspecified atom stereocenters. The molecule has 9 heteroatoms. The van der Waals surface area contributed by atoms with E-state index >= 15 is 0 Å². The first-order valence-electron chi connectivity index (χ1n) is 8.85. The Morgan fingerprint density at radius 2 is 1.79 bits per heavy atom. The first-order valence-corrected chi connectivity index (χ1v) is 9.66. The highest BCUT2D eigenvalue weighted by molar-refractivity contribution is 7.18. The first kappa shape index (κ1) is 20.4. The fraction of sp³-hybridized carbons (Fsp3) is 0.250. The number of anilines is 2. The average Bonchev–Trinajstić information content (AvgIpc) is 2.91. The van der Waals surface area contributed by atoms with Gasteiger partial charge in [-0.3, -0.25) is 23.7 Å². The van der Waals surface area contributed by atoms with Crippen LogP contribution in [-0.2, 0) is 16.1 Å². The van der Waals surface area contributed by atoms with Crippen molar-refractivity contribution >= 4 is 50.5 Å². The molecule has 0 saturated heterocycles. The molecule has 0 bridgehead atoms. The number of fused-ring (bicyclic) bond motifs is 1. The fourth-order valence-corrected chi connectivity index (χ4v) is 3.97. The van der Waals surface area contributed by atoms with Gasteiger partial charge in [-0.15, -0.1) is 11.3 Å². The monoisotopic (exact) mass is 412 g/mol. The van der Waals surface area contributed by atoms with E-state index in [4.69, 9.17) is 0 Å². The molecule has 0 radical (unpaired) electrons. The summed E-state index contributed by atoms with van der Waals surface area (Å²) in [5, 5.41) is 5.72. The summed E-state index contributed by atoms with van der Waals surface area (Å²) in [4.78, 5) is 54.5. The predicted octanol–water partition coefficient (Wildman–Crippen LogP) is 2.87. The molecule has 2 aromatic heterocycles. The number of aryl methyl sites for hydroxylation is 2. The van der Waals surface area contributed by atoms with Crippen LogP contribution in [0.15, 0.2) is 29.3 Å². The molecule has 3 aromatic rings. The highest BCUT2D eigenvalue weighted by atomic mass is 32.1. The van der Waals surface area contributed by atoms with Gasteiger partial charge in [0.2, 0.25) is 11.8 Å². The Labute approximate surface area is 170 Å². The molecule has 2 amide bonds. The van der Waals surface area contributed by atoms with E-state index < -0.39 is 0 Å². The summed E-state index contributed by atoms with van der Waals surface area (Å²) in [5.74, 6) is -0.996. The van der Waals surface area contributed by atoms with Gasteiger partial charge in [0.1, 0.15) is 4.83 Å². The molecule has 29 heavy (non-hydrogen) atoms. The van der Waals surface area contributed by atoms with E-state index in [0.717, 1.165) is 10.4 Å². The molecule has 2 N–H and O–H groups in total. The number of rotatable bonds is 5. The number of hydrogen-bond donors (Lipinski definition) is 2. The lowest BCUT2D eigenvalue weighted by atomic mass is 10.1. The van der Waals surface area contributed by atoms with Crippen molar-refractivity contribution < 1.29 is 14.4 Å². The lowest BCUT2D eigenvalue weighted by Crippen LogP contribution is -2.25. The van der Waals surface area contributed by atoms with Gasteiger partial charge in [0.05, 0.1) is 23.9 Å². The second-order valence-electron chi connectivity index (χ2n) is 6.69. The van der Waals surface area contributed by atoms with Crippen molar-refractivity contribution in [3.8, 4) is 0 Å². The van der Waals surface area contributed by atoms with Crippen molar-refractivity contribution in [3.63, 3.8) is 0 Å². The maximum Gasteiger partial charge on any atom is 0.262 e. The minimum Gasteiger partial charge on any atom is -0.326 e. The number of Topliss-reactive ketones (excluding diaryl/α,β-unsaturated/α-hetero) is 1. The molecular formula is C20H20N4O4S. The first-order chi connectivity index (χ1) is 13.7. The van der Waals surface area contributed by atoms with Crippen LogP contribution in [0.2, 0.25) is 0 Å². The number of carbonyl (C=O) groups is 3. The van der Waals surface area contributed by atoms with E-state index in [1.165, 1.54) is 48.2 Å². The molecule has 0 fully saturated rings. The van der Waals surface area contributed by atoms with Gasteiger partial charge in [-0.2, -0.15) is 0 Å². The third-order valence-corrected chi connectivity index (χ3v) is 5.54. The van der Waals surface area contributed by atoms with Gasteiger partial charge in [-0.25, -0.2) is 4.98 Å². The number of benzene rings is 1. The van der Waals surface area contributed by atoms with Crippen LogP contribution in [0.3, 0.4) is 0 Å². The topological polar surface area (TPSA) is 110 Å². The second-order valence-corrected chi connectivity index (χ2v) is 7.89. The molecule has 0 aliphatic carbocycles. The molecule has 8 nitrogen and oxygen atoms in total. The zero-order valence-electron chi connectivity index (χ0n) is 16.5. The molecule has 0 saturated carbocycles. The van der Waals surface area contributed by atoms with Crippen LogP contribution in [0.25, 0.3) is 10.2 Å². The Morgan fingerprint density at radius 3 is 2.45 bits per heavy atom. The van der Waals surface area contributed by atoms with Gasteiger partial charge in [-0.05, 0) is 37.6 Å². The van der Waals surface area contributed by atoms with Gasteiger partial charge in [0.15, 0.2) is 5.78 Å². The Hall–Kier alpha value is -3.33. The summed E-state index contributed by atoms with van der Waals surface area (Å²) >= 11 is 1.44. The maximum atomic E-state index is 12.9. The van der Waals surface area contributed by atoms with Crippen molar-refractivity contribution in [2.75, 3.05) is 10.6 Å². The number of aromatic nitrogens is 2. The summed E-state index contributed by atoms with van der Waals surface area (Å²) in [6.07, 6.45) is 1.36. The van der Waals surface area contributed by atoms with Crippen molar-refractivity contribution in [2.45, 2.75) is 34.2 Å². The Kier molecular flexibility index (Phi) is 5.60. The molecule has 0 spiro atoms. The van der Waals surface area contributed by atoms with E-state index in [2.05, 4.69) is 15.6 Å². The van der Waals surface area contributed by atoms with Crippen LogP contribution in [-0.4, -0.2) is 27.1 Å². The number of amides is 2. The summed E-state index contributed by atoms with van der Waals surface area (Å²) in [7, 11) is 0. The van der Waals surface area contributed by atoms with Gasteiger partial charge in [-0.1, -0.05) is 0 Å². The minimum atomic E-state index is -0.365. The molecule has 1 aromatic carbocycles. The normalized spacial score (nSPS) is 10.8. The second kappa shape index (κ2) is 7.96. The fourth-order valence-electron chi connectivity index (χ4n) is 2.98. The Balaban J connectivity index is 1.98. The van der Waals surface area contributed by atoms with Crippen molar-refractivity contribution in [2.24, 2.45) is 0 Å².